The fraction of sp³-hybridized carbons (Fsp3) is 0.435. The molecule has 0 saturated carbocycles. The Labute approximate surface area is 181 Å². The molecule has 2 aromatic rings. The first-order valence-electron chi connectivity index (χ1n) is 10.5. The van der Waals surface area contributed by atoms with E-state index in [2.05, 4.69) is 5.32 Å². The fourth-order valence-corrected chi connectivity index (χ4v) is 3.53. The van der Waals surface area contributed by atoms with Gasteiger partial charge in [0.1, 0.15) is 17.1 Å². The zero-order chi connectivity index (χ0) is 22.2. The normalized spacial score (nSPS) is 14.2. The lowest BCUT2D eigenvalue weighted by Gasteiger charge is -2.32. The lowest BCUT2D eigenvalue weighted by molar-refractivity contribution is -0.123. The summed E-state index contributed by atoms with van der Waals surface area (Å²) in [6, 6.07) is 10.4. The fourth-order valence-electron chi connectivity index (χ4n) is 3.53. The zero-order valence-electron chi connectivity index (χ0n) is 18.0. The van der Waals surface area contributed by atoms with Crippen molar-refractivity contribution in [1.82, 2.24) is 14.8 Å². The van der Waals surface area contributed by atoms with Gasteiger partial charge in [-0.15, -0.1) is 0 Å². The van der Waals surface area contributed by atoms with Gasteiger partial charge in [-0.05, 0) is 62.1 Å². The number of nitrogens with one attached hydrogen (secondary N) is 1. The molecule has 1 aromatic carbocycles. The van der Waals surface area contributed by atoms with E-state index in [4.69, 9.17) is 9.47 Å². The average Bonchev–Trinajstić information content (AvgIpc) is 2.79. The molecule has 0 spiro atoms. The average molecular weight is 428 g/mol. The Hall–Kier alpha value is -3.29. The molecule has 1 aromatic heterocycles. The maximum absolute atomic E-state index is 12.6. The van der Waals surface area contributed by atoms with Gasteiger partial charge in [0.2, 0.25) is 0 Å². The van der Waals surface area contributed by atoms with Crippen LogP contribution in [0, 0.1) is 5.92 Å². The number of nitrogens with zero attached hydrogens (tertiary/aromatic N) is 2. The number of aromatic nitrogens is 1. The predicted molar refractivity (Wildman–Crippen MR) is 116 cm³/mol. The summed E-state index contributed by atoms with van der Waals surface area (Å²) in [5, 5.41) is 2.90. The van der Waals surface area contributed by atoms with Crippen LogP contribution in [0.15, 0.2) is 47.4 Å². The number of pyridine rings is 1. The van der Waals surface area contributed by atoms with Gasteiger partial charge in [0.15, 0.2) is 6.61 Å². The minimum absolute atomic E-state index is 0.0530. The van der Waals surface area contributed by atoms with Crippen LogP contribution < -0.4 is 20.3 Å². The molecule has 0 radical (unpaired) electrons. The van der Waals surface area contributed by atoms with E-state index in [9.17, 15) is 14.4 Å². The molecule has 2 heterocycles. The highest BCUT2D eigenvalue weighted by molar-refractivity contribution is 5.93. The number of aryl methyl sites for hydroxylation is 1. The van der Waals surface area contributed by atoms with Crippen molar-refractivity contribution in [2.45, 2.75) is 19.8 Å². The summed E-state index contributed by atoms with van der Waals surface area (Å²) in [6.45, 7) is 4.14. The number of likely N-dealkylation sites (tertiary alicyclic amines) is 1. The lowest BCUT2D eigenvalue weighted by Crippen LogP contribution is -2.43. The van der Waals surface area contributed by atoms with Crippen molar-refractivity contribution < 1.29 is 19.1 Å². The molecule has 8 nitrogen and oxygen atoms in total. The van der Waals surface area contributed by atoms with Crippen molar-refractivity contribution in [3.8, 4) is 11.5 Å². The van der Waals surface area contributed by atoms with E-state index in [0.29, 0.717) is 32.0 Å². The first-order valence-corrected chi connectivity index (χ1v) is 10.5. The van der Waals surface area contributed by atoms with Gasteiger partial charge >= 0.3 is 0 Å². The molecule has 31 heavy (non-hydrogen) atoms. The topological polar surface area (TPSA) is 89.9 Å². The summed E-state index contributed by atoms with van der Waals surface area (Å²) in [5.41, 5.74) is -0.0855. The number of amides is 2. The molecule has 1 fully saturated rings. The molecule has 1 saturated heterocycles. The summed E-state index contributed by atoms with van der Waals surface area (Å²) in [6.07, 6.45) is 3.19. The summed E-state index contributed by atoms with van der Waals surface area (Å²) >= 11 is 0. The van der Waals surface area contributed by atoms with Crippen LogP contribution in [-0.4, -0.2) is 54.1 Å². The van der Waals surface area contributed by atoms with Crippen LogP contribution in [-0.2, 0) is 11.8 Å². The van der Waals surface area contributed by atoms with Crippen LogP contribution >= 0.6 is 0 Å². The Balaban J connectivity index is 1.38. The third-order valence-electron chi connectivity index (χ3n) is 5.35. The van der Waals surface area contributed by atoms with Crippen molar-refractivity contribution in [2.24, 2.45) is 13.0 Å². The van der Waals surface area contributed by atoms with Crippen molar-refractivity contribution >= 4 is 11.8 Å². The molecule has 0 aliphatic carbocycles. The highest BCUT2D eigenvalue weighted by Gasteiger charge is 2.25. The van der Waals surface area contributed by atoms with E-state index >= 15 is 0 Å². The van der Waals surface area contributed by atoms with Crippen LogP contribution in [0.1, 0.15) is 30.1 Å². The molecule has 0 atom stereocenters. The van der Waals surface area contributed by atoms with E-state index in [1.807, 2.05) is 6.92 Å². The molecule has 0 bridgehead atoms. The Bertz CT molecular complexity index is 946. The predicted octanol–water partition coefficient (Wildman–Crippen LogP) is 1.83. The number of carbonyl (C=O) groups is 2. The van der Waals surface area contributed by atoms with Crippen LogP contribution in [0.5, 0.6) is 11.5 Å². The van der Waals surface area contributed by atoms with Gasteiger partial charge < -0.3 is 24.3 Å². The van der Waals surface area contributed by atoms with E-state index in [0.717, 1.165) is 18.6 Å². The van der Waals surface area contributed by atoms with Crippen LogP contribution in [0.2, 0.25) is 0 Å². The Morgan fingerprint density at radius 2 is 1.71 bits per heavy atom. The minimum Gasteiger partial charge on any atom is -0.494 e. The van der Waals surface area contributed by atoms with Gasteiger partial charge in [-0.2, -0.15) is 0 Å². The highest BCUT2D eigenvalue weighted by Crippen LogP contribution is 2.19. The number of hydrogen-bond donors (Lipinski definition) is 1. The van der Waals surface area contributed by atoms with Crippen LogP contribution in [0.3, 0.4) is 0 Å². The largest absolute Gasteiger partial charge is 0.494 e. The second kappa shape index (κ2) is 10.7. The summed E-state index contributed by atoms with van der Waals surface area (Å²) in [5.74, 6) is 1.25. The Morgan fingerprint density at radius 1 is 1.06 bits per heavy atom. The Morgan fingerprint density at radius 3 is 2.35 bits per heavy atom. The zero-order valence-corrected chi connectivity index (χ0v) is 18.0. The van der Waals surface area contributed by atoms with Gasteiger partial charge in [0.25, 0.3) is 17.4 Å². The van der Waals surface area contributed by atoms with Crippen LogP contribution in [0.25, 0.3) is 0 Å². The second-order valence-corrected chi connectivity index (χ2v) is 7.57. The first kappa shape index (κ1) is 22.4. The minimum atomic E-state index is -0.283. The molecule has 8 heteroatoms. The molecular formula is C23H29N3O5. The molecule has 1 aliphatic heterocycles. The van der Waals surface area contributed by atoms with Gasteiger partial charge in [-0.3, -0.25) is 14.4 Å². The number of hydrogen-bond acceptors (Lipinski definition) is 5. The van der Waals surface area contributed by atoms with Crippen molar-refractivity contribution in [1.29, 1.82) is 0 Å². The molecule has 1 N–H and O–H groups in total. The van der Waals surface area contributed by atoms with E-state index < -0.39 is 0 Å². The maximum Gasteiger partial charge on any atom is 0.263 e. The third kappa shape index (κ3) is 6.10. The molecule has 166 valence electrons. The third-order valence-corrected chi connectivity index (χ3v) is 5.35. The van der Waals surface area contributed by atoms with Crippen LogP contribution in [0.4, 0.5) is 0 Å². The van der Waals surface area contributed by atoms with Gasteiger partial charge in [-0.25, -0.2) is 0 Å². The quantitative estimate of drug-likeness (QED) is 0.694. The first-order chi connectivity index (χ1) is 15.0. The van der Waals surface area contributed by atoms with Gasteiger partial charge in [-0.1, -0.05) is 0 Å². The van der Waals surface area contributed by atoms with Crippen molar-refractivity contribution in [2.75, 3.05) is 32.8 Å². The summed E-state index contributed by atoms with van der Waals surface area (Å²) in [7, 11) is 1.63. The molecule has 2 amide bonds. The molecule has 3 rings (SSSR count). The van der Waals surface area contributed by atoms with E-state index in [-0.39, 0.29) is 35.5 Å². The smallest absolute Gasteiger partial charge is 0.263 e. The molecule has 1 aliphatic rings. The summed E-state index contributed by atoms with van der Waals surface area (Å²) in [4.78, 5) is 38.6. The number of carbonyl (C=O) groups excluding carboxylic acids is 2. The Kier molecular flexibility index (Phi) is 7.70. The van der Waals surface area contributed by atoms with Crippen molar-refractivity contribution in [3.05, 3.63) is 58.5 Å². The lowest BCUT2D eigenvalue weighted by atomic mass is 9.96. The monoisotopic (exact) mass is 427 g/mol. The van der Waals surface area contributed by atoms with Gasteiger partial charge in [0, 0.05) is 32.9 Å². The second-order valence-electron chi connectivity index (χ2n) is 7.57. The number of rotatable bonds is 8. The number of benzene rings is 1. The standard InChI is InChI=1S/C23H29N3O5/c1-3-30-18-6-8-19(9-7-18)31-16-21(27)24-15-17-10-13-26(14-11-17)23(29)20-5-4-12-25(2)22(20)28/h4-9,12,17H,3,10-11,13-16H2,1-2H3,(H,24,27). The van der Waals surface area contributed by atoms with Gasteiger partial charge in [0.05, 0.1) is 6.61 Å². The summed E-state index contributed by atoms with van der Waals surface area (Å²) < 4.78 is 12.3. The highest BCUT2D eigenvalue weighted by atomic mass is 16.5. The van der Waals surface area contributed by atoms with E-state index in [1.54, 1.807) is 54.5 Å². The molecule has 0 unspecified atom stereocenters. The molecular weight excluding hydrogens is 398 g/mol. The van der Waals surface area contributed by atoms with E-state index in [1.165, 1.54) is 4.57 Å². The maximum atomic E-state index is 12.6. The SMILES string of the molecule is CCOc1ccc(OCC(=O)NCC2CCN(C(=O)c3cccn(C)c3=O)CC2)cc1. The number of ether oxygens (including phenoxy) is 2. The van der Waals surface area contributed by atoms with Crippen molar-refractivity contribution in [3.63, 3.8) is 0 Å². The number of piperidine rings is 1.